The predicted molar refractivity (Wildman–Crippen MR) is 91.5 cm³/mol. The lowest BCUT2D eigenvalue weighted by Gasteiger charge is -2.11. The van der Waals surface area contributed by atoms with Gasteiger partial charge in [0.25, 0.3) is 5.76 Å². The summed E-state index contributed by atoms with van der Waals surface area (Å²) in [6.07, 6.45) is 0.455. The monoisotopic (exact) mass is 369 g/mol. The molecule has 0 spiro atoms. The van der Waals surface area contributed by atoms with Crippen molar-refractivity contribution in [1.82, 2.24) is 9.97 Å². The Morgan fingerprint density at radius 2 is 1.84 bits per heavy atom. The zero-order chi connectivity index (χ0) is 18.6. The van der Waals surface area contributed by atoms with Crippen molar-refractivity contribution in [3.05, 3.63) is 46.5 Å². The molecule has 0 aliphatic carbocycles. The highest BCUT2D eigenvalue weighted by molar-refractivity contribution is 7.99. The van der Waals surface area contributed by atoms with Crippen molar-refractivity contribution in [2.75, 3.05) is 5.32 Å². The first kappa shape index (κ1) is 19.2. The number of carbonyl (C=O) groups excluding carboxylic acids is 1. The van der Waals surface area contributed by atoms with Crippen LogP contribution in [0.5, 0.6) is 0 Å². The summed E-state index contributed by atoms with van der Waals surface area (Å²) in [5, 5.41) is 2.55. The molecular weight excluding hydrogens is 351 g/mol. The Hall–Kier alpha value is -2.09. The van der Waals surface area contributed by atoms with Crippen LogP contribution in [0.25, 0.3) is 0 Å². The topological polar surface area (TPSA) is 54.9 Å². The van der Waals surface area contributed by atoms with E-state index >= 15 is 0 Å². The number of nitrogens with zero attached hydrogens (tertiary/aromatic N) is 2. The first-order valence-corrected chi connectivity index (χ1v) is 8.49. The standard InChI is InChI=1S/C17H18F3N3OS/c1-9-4-6-13(18)14(8-9)23-15(24)7-5-12-10(2)21-17(22-11(12)3)25-16(19)20/h4,6,8,16H,5,7H2,1-3H3,(H,23,24). The van der Waals surface area contributed by atoms with Crippen molar-refractivity contribution in [1.29, 1.82) is 0 Å². The van der Waals surface area contributed by atoms with E-state index in [1.165, 1.54) is 6.07 Å². The fraction of sp³-hybridized carbons (Fsp3) is 0.353. The summed E-state index contributed by atoms with van der Waals surface area (Å²) in [4.78, 5) is 20.1. The second-order valence-electron chi connectivity index (χ2n) is 5.57. The van der Waals surface area contributed by atoms with Gasteiger partial charge in [-0.05, 0) is 62.2 Å². The number of amides is 1. The fourth-order valence-corrected chi connectivity index (χ4v) is 2.93. The van der Waals surface area contributed by atoms with Crippen LogP contribution in [-0.4, -0.2) is 21.6 Å². The maximum atomic E-state index is 13.7. The molecule has 0 aliphatic heterocycles. The Balaban J connectivity index is 2.03. The Morgan fingerprint density at radius 1 is 1.20 bits per heavy atom. The first-order valence-electron chi connectivity index (χ1n) is 7.61. The highest BCUT2D eigenvalue weighted by atomic mass is 32.2. The minimum absolute atomic E-state index is 0.0139. The van der Waals surface area contributed by atoms with Crippen molar-refractivity contribution >= 4 is 23.4 Å². The molecule has 1 aromatic heterocycles. The molecule has 2 rings (SSSR count). The van der Waals surface area contributed by atoms with E-state index in [1.807, 2.05) is 0 Å². The van der Waals surface area contributed by atoms with Crippen LogP contribution < -0.4 is 5.32 Å². The van der Waals surface area contributed by atoms with Gasteiger partial charge >= 0.3 is 0 Å². The summed E-state index contributed by atoms with van der Waals surface area (Å²) < 4.78 is 38.5. The van der Waals surface area contributed by atoms with Crippen LogP contribution in [0.2, 0.25) is 0 Å². The molecule has 25 heavy (non-hydrogen) atoms. The van der Waals surface area contributed by atoms with E-state index in [-0.39, 0.29) is 34.9 Å². The summed E-state index contributed by atoms with van der Waals surface area (Å²) in [5.41, 5.74) is 2.83. The second-order valence-corrected chi connectivity index (χ2v) is 6.52. The Labute approximate surface area is 148 Å². The van der Waals surface area contributed by atoms with Gasteiger partial charge in [0, 0.05) is 17.8 Å². The molecule has 0 aliphatic rings. The van der Waals surface area contributed by atoms with Gasteiger partial charge in [0.1, 0.15) is 5.82 Å². The van der Waals surface area contributed by atoms with Crippen LogP contribution in [0.15, 0.2) is 23.4 Å². The minimum Gasteiger partial charge on any atom is -0.324 e. The number of alkyl halides is 2. The zero-order valence-electron chi connectivity index (χ0n) is 14.1. The maximum absolute atomic E-state index is 13.7. The molecular formula is C17H18F3N3OS. The Kier molecular flexibility index (Phi) is 6.41. The molecule has 0 unspecified atom stereocenters. The number of aromatic nitrogens is 2. The van der Waals surface area contributed by atoms with Crippen molar-refractivity contribution in [2.45, 2.75) is 44.5 Å². The van der Waals surface area contributed by atoms with E-state index in [9.17, 15) is 18.0 Å². The number of thioether (sulfide) groups is 1. The SMILES string of the molecule is Cc1ccc(F)c(NC(=O)CCc2c(C)nc(SC(F)F)nc2C)c1. The van der Waals surface area contributed by atoms with Crippen LogP contribution in [0.3, 0.4) is 0 Å². The van der Waals surface area contributed by atoms with Gasteiger partial charge in [0.05, 0.1) is 5.69 Å². The van der Waals surface area contributed by atoms with Crippen molar-refractivity contribution < 1.29 is 18.0 Å². The molecule has 0 saturated carbocycles. The van der Waals surface area contributed by atoms with Gasteiger partial charge in [0.15, 0.2) is 5.16 Å². The fourth-order valence-electron chi connectivity index (χ4n) is 2.39. The molecule has 1 heterocycles. The number of rotatable bonds is 6. The van der Waals surface area contributed by atoms with E-state index in [1.54, 1.807) is 32.9 Å². The third-order valence-electron chi connectivity index (χ3n) is 3.59. The molecule has 134 valence electrons. The molecule has 0 bridgehead atoms. The molecule has 8 heteroatoms. The van der Waals surface area contributed by atoms with Gasteiger partial charge < -0.3 is 5.32 Å². The molecule has 0 radical (unpaired) electrons. The van der Waals surface area contributed by atoms with Gasteiger partial charge in [-0.3, -0.25) is 4.79 Å². The molecule has 1 amide bonds. The van der Waals surface area contributed by atoms with Crippen molar-refractivity contribution in [3.63, 3.8) is 0 Å². The van der Waals surface area contributed by atoms with E-state index in [0.29, 0.717) is 17.8 Å². The van der Waals surface area contributed by atoms with Crippen molar-refractivity contribution in [3.8, 4) is 0 Å². The van der Waals surface area contributed by atoms with Crippen LogP contribution in [0, 0.1) is 26.6 Å². The number of anilines is 1. The number of nitrogens with one attached hydrogen (secondary N) is 1. The van der Waals surface area contributed by atoms with E-state index in [4.69, 9.17) is 0 Å². The van der Waals surface area contributed by atoms with Crippen LogP contribution in [-0.2, 0) is 11.2 Å². The normalized spacial score (nSPS) is 11.0. The first-order chi connectivity index (χ1) is 11.8. The quantitative estimate of drug-likeness (QED) is 0.605. The molecule has 4 nitrogen and oxygen atoms in total. The van der Waals surface area contributed by atoms with E-state index in [2.05, 4.69) is 15.3 Å². The molecule has 0 atom stereocenters. The van der Waals surface area contributed by atoms with Crippen LogP contribution in [0.4, 0.5) is 18.9 Å². The van der Waals surface area contributed by atoms with E-state index in [0.717, 1.165) is 11.1 Å². The second kappa shape index (κ2) is 8.33. The third-order valence-corrected chi connectivity index (χ3v) is 4.16. The molecule has 1 aromatic carbocycles. The Morgan fingerprint density at radius 3 is 2.44 bits per heavy atom. The number of carbonyl (C=O) groups is 1. The third kappa shape index (κ3) is 5.45. The Bertz CT molecular complexity index is 761. The zero-order valence-corrected chi connectivity index (χ0v) is 14.9. The number of aryl methyl sites for hydroxylation is 3. The maximum Gasteiger partial charge on any atom is 0.291 e. The lowest BCUT2D eigenvalue weighted by molar-refractivity contribution is -0.116. The number of hydrogen-bond donors (Lipinski definition) is 1. The smallest absolute Gasteiger partial charge is 0.291 e. The molecule has 0 fully saturated rings. The number of hydrogen-bond acceptors (Lipinski definition) is 4. The van der Waals surface area contributed by atoms with Gasteiger partial charge in [-0.15, -0.1) is 0 Å². The van der Waals surface area contributed by atoms with Crippen LogP contribution >= 0.6 is 11.8 Å². The number of benzene rings is 1. The summed E-state index contributed by atoms with van der Waals surface area (Å²) in [6, 6.07) is 4.48. The average Bonchev–Trinajstić information content (AvgIpc) is 2.49. The minimum atomic E-state index is -2.58. The molecule has 0 saturated heterocycles. The summed E-state index contributed by atoms with van der Waals surface area (Å²) in [6.45, 7) is 5.19. The van der Waals surface area contributed by atoms with Crippen LogP contribution in [0.1, 0.15) is 28.9 Å². The average molecular weight is 369 g/mol. The lowest BCUT2D eigenvalue weighted by atomic mass is 10.1. The highest BCUT2D eigenvalue weighted by Gasteiger charge is 2.14. The lowest BCUT2D eigenvalue weighted by Crippen LogP contribution is -2.15. The highest BCUT2D eigenvalue weighted by Crippen LogP contribution is 2.24. The van der Waals surface area contributed by atoms with Gasteiger partial charge in [-0.2, -0.15) is 8.78 Å². The number of halogens is 3. The van der Waals surface area contributed by atoms with Gasteiger partial charge in [-0.25, -0.2) is 14.4 Å². The molecule has 2 aromatic rings. The van der Waals surface area contributed by atoms with Gasteiger partial charge in [0.2, 0.25) is 5.91 Å². The summed E-state index contributed by atoms with van der Waals surface area (Å²) in [7, 11) is 0. The summed E-state index contributed by atoms with van der Waals surface area (Å²) in [5.74, 6) is -3.42. The van der Waals surface area contributed by atoms with Crippen molar-refractivity contribution in [2.24, 2.45) is 0 Å². The van der Waals surface area contributed by atoms with E-state index < -0.39 is 11.6 Å². The predicted octanol–water partition coefficient (Wildman–Crippen LogP) is 4.43. The molecule has 1 N–H and O–H groups in total. The largest absolute Gasteiger partial charge is 0.324 e. The summed E-state index contributed by atoms with van der Waals surface area (Å²) >= 11 is 0.288. The van der Waals surface area contributed by atoms with Gasteiger partial charge in [-0.1, -0.05) is 6.07 Å².